The third-order valence-electron chi connectivity index (χ3n) is 1.42. The lowest BCUT2D eigenvalue weighted by Crippen LogP contribution is -2.41. The Morgan fingerprint density at radius 2 is 2.15 bits per heavy atom. The Labute approximate surface area is 74.4 Å². The van der Waals surface area contributed by atoms with Crippen LogP contribution in [-0.2, 0) is 14.4 Å². The Morgan fingerprint density at radius 3 is 2.54 bits per heavy atom. The summed E-state index contributed by atoms with van der Waals surface area (Å²) >= 11 is 0. The van der Waals surface area contributed by atoms with E-state index in [-0.39, 0.29) is 0 Å². The molecule has 0 spiro atoms. The Hall–Kier alpha value is -1.72. The van der Waals surface area contributed by atoms with E-state index in [1.54, 1.807) is 6.92 Å². The third kappa shape index (κ3) is 2.11. The van der Waals surface area contributed by atoms with E-state index in [1.807, 2.05) is 5.32 Å². The quantitative estimate of drug-likeness (QED) is 0.488. The fourth-order valence-corrected chi connectivity index (χ4v) is 0.951. The summed E-state index contributed by atoms with van der Waals surface area (Å²) in [6.45, 7) is 2.76. The van der Waals surface area contributed by atoms with E-state index >= 15 is 0 Å². The fraction of sp³-hybridized carbons (Fsp3) is 0.429. The maximum Gasteiger partial charge on any atom is 0.261 e. The summed E-state index contributed by atoms with van der Waals surface area (Å²) in [4.78, 5) is 36.3. The molecule has 0 aromatic carbocycles. The van der Waals surface area contributed by atoms with Gasteiger partial charge in [-0.15, -0.1) is 0 Å². The SMILES string of the molecule is CC(=O)NC(=O)C1N=C(C)NC1=O. The number of amides is 3. The Kier molecular flexibility index (Phi) is 2.41. The number of rotatable bonds is 1. The first-order valence-electron chi connectivity index (χ1n) is 3.67. The Morgan fingerprint density at radius 1 is 1.54 bits per heavy atom. The van der Waals surface area contributed by atoms with Crippen molar-refractivity contribution in [3.63, 3.8) is 0 Å². The van der Waals surface area contributed by atoms with Gasteiger partial charge in [0.1, 0.15) is 5.84 Å². The molecule has 1 atom stereocenters. The molecule has 0 saturated heterocycles. The van der Waals surface area contributed by atoms with E-state index in [1.165, 1.54) is 6.92 Å². The van der Waals surface area contributed by atoms with Crippen molar-refractivity contribution in [3.8, 4) is 0 Å². The van der Waals surface area contributed by atoms with Gasteiger partial charge in [0.2, 0.25) is 11.9 Å². The number of amidine groups is 1. The summed E-state index contributed by atoms with van der Waals surface area (Å²) in [5.74, 6) is -1.32. The van der Waals surface area contributed by atoms with E-state index in [9.17, 15) is 14.4 Å². The van der Waals surface area contributed by atoms with Crippen LogP contribution in [-0.4, -0.2) is 29.6 Å². The molecule has 0 aliphatic carbocycles. The fourth-order valence-electron chi connectivity index (χ4n) is 0.951. The van der Waals surface area contributed by atoms with E-state index in [0.29, 0.717) is 5.84 Å². The van der Waals surface area contributed by atoms with Gasteiger partial charge in [0.25, 0.3) is 11.8 Å². The number of nitrogens with one attached hydrogen (secondary N) is 2. The highest BCUT2D eigenvalue weighted by molar-refractivity contribution is 6.17. The minimum absolute atomic E-state index is 0.383. The van der Waals surface area contributed by atoms with Gasteiger partial charge in [-0.05, 0) is 6.92 Å². The second-order valence-corrected chi connectivity index (χ2v) is 2.65. The van der Waals surface area contributed by atoms with Crippen LogP contribution in [0, 0.1) is 0 Å². The lowest BCUT2D eigenvalue weighted by atomic mass is 10.3. The second-order valence-electron chi connectivity index (χ2n) is 2.65. The summed E-state index contributed by atoms with van der Waals surface area (Å²) in [7, 11) is 0. The van der Waals surface area contributed by atoms with Crippen LogP contribution >= 0.6 is 0 Å². The predicted octanol–water partition coefficient (Wildman–Crippen LogP) is -1.43. The molecular formula is C7H9N3O3. The number of carbonyl (C=O) groups excluding carboxylic acids is 3. The lowest BCUT2D eigenvalue weighted by Gasteiger charge is -2.02. The normalized spacial score (nSPS) is 20.6. The van der Waals surface area contributed by atoms with Gasteiger partial charge in [0.05, 0.1) is 0 Å². The van der Waals surface area contributed by atoms with Gasteiger partial charge in [-0.2, -0.15) is 0 Å². The average molecular weight is 183 g/mol. The van der Waals surface area contributed by atoms with Gasteiger partial charge in [-0.3, -0.25) is 19.7 Å². The first kappa shape index (κ1) is 9.37. The van der Waals surface area contributed by atoms with Crippen LogP contribution in [0.15, 0.2) is 4.99 Å². The van der Waals surface area contributed by atoms with Crippen LogP contribution in [0.1, 0.15) is 13.8 Å². The van der Waals surface area contributed by atoms with Crippen molar-refractivity contribution < 1.29 is 14.4 Å². The van der Waals surface area contributed by atoms with Gasteiger partial charge in [0.15, 0.2) is 0 Å². The van der Waals surface area contributed by atoms with Gasteiger partial charge in [-0.25, -0.2) is 4.99 Å². The molecule has 0 bridgehead atoms. The lowest BCUT2D eigenvalue weighted by molar-refractivity contribution is -0.133. The van der Waals surface area contributed by atoms with Crippen LogP contribution < -0.4 is 10.6 Å². The van der Waals surface area contributed by atoms with E-state index in [0.717, 1.165) is 0 Å². The van der Waals surface area contributed by atoms with Gasteiger partial charge in [-0.1, -0.05) is 0 Å². The summed E-state index contributed by atoms with van der Waals surface area (Å²) in [5, 5.41) is 4.35. The standard InChI is InChI=1S/C7H9N3O3/c1-3-8-5(6(12)9-3)7(13)10-4(2)11/h5H,1-2H3,(H,8,9,12)(H,10,11,13). The Bertz CT molecular complexity index is 308. The van der Waals surface area contributed by atoms with Gasteiger partial charge >= 0.3 is 0 Å². The van der Waals surface area contributed by atoms with Crippen molar-refractivity contribution in [2.24, 2.45) is 4.99 Å². The van der Waals surface area contributed by atoms with Crippen molar-refractivity contribution in [2.75, 3.05) is 0 Å². The van der Waals surface area contributed by atoms with Crippen LogP contribution in [0.25, 0.3) is 0 Å². The highest BCUT2D eigenvalue weighted by Gasteiger charge is 2.31. The van der Waals surface area contributed by atoms with E-state index < -0.39 is 23.8 Å². The highest BCUT2D eigenvalue weighted by Crippen LogP contribution is 1.99. The molecule has 6 heteroatoms. The molecule has 0 fully saturated rings. The number of hydrogen-bond acceptors (Lipinski definition) is 4. The molecule has 1 aliphatic rings. The molecule has 0 aromatic heterocycles. The van der Waals surface area contributed by atoms with Crippen LogP contribution in [0.3, 0.4) is 0 Å². The van der Waals surface area contributed by atoms with Crippen LogP contribution in [0.5, 0.6) is 0 Å². The largest absolute Gasteiger partial charge is 0.312 e. The number of imide groups is 1. The van der Waals surface area contributed by atoms with Crippen molar-refractivity contribution in [2.45, 2.75) is 19.9 Å². The molecule has 0 aromatic rings. The van der Waals surface area contributed by atoms with E-state index in [2.05, 4.69) is 10.3 Å². The number of hydrogen-bond donors (Lipinski definition) is 2. The molecule has 1 heterocycles. The first-order chi connectivity index (χ1) is 6.00. The zero-order valence-corrected chi connectivity index (χ0v) is 7.25. The smallest absolute Gasteiger partial charge is 0.261 e. The topological polar surface area (TPSA) is 87.6 Å². The highest BCUT2D eigenvalue weighted by atomic mass is 16.2. The molecule has 1 aliphatic heterocycles. The minimum Gasteiger partial charge on any atom is -0.312 e. The molecule has 0 saturated carbocycles. The predicted molar refractivity (Wildman–Crippen MR) is 43.9 cm³/mol. The summed E-state index contributed by atoms with van der Waals surface area (Å²) in [6.07, 6.45) is 0. The van der Waals surface area contributed by atoms with Crippen molar-refractivity contribution >= 4 is 23.6 Å². The molecule has 2 N–H and O–H groups in total. The molecule has 3 amide bonds. The first-order valence-corrected chi connectivity index (χ1v) is 3.67. The molecule has 13 heavy (non-hydrogen) atoms. The van der Waals surface area contributed by atoms with Crippen LogP contribution in [0.4, 0.5) is 0 Å². The summed E-state index contributed by atoms with van der Waals surface area (Å²) in [5.41, 5.74) is 0. The van der Waals surface area contributed by atoms with Crippen LogP contribution in [0.2, 0.25) is 0 Å². The number of aliphatic imine (C=N–C) groups is 1. The van der Waals surface area contributed by atoms with E-state index in [4.69, 9.17) is 0 Å². The molecule has 1 unspecified atom stereocenters. The molecule has 6 nitrogen and oxygen atoms in total. The summed E-state index contributed by atoms with van der Waals surface area (Å²) < 4.78 is 0. The van der Waals surface area contributed by atoms with Crippen molar-refractivity contribution in [1.82, 2.24) is 10.6 Å². The minimum atomic E-state index is -1.12. The van der Waals surface area contributed by atoms with Crippen molar-refractivity contribution in [3.05, 3.63) is 0 Å². The second kappa shape index (κ2) is 3.34. The molecule has 1 rings (SSSR count). The number of carbonyl (C=O) groups is 3. The monoisotopic (exact) mass is 183 g/mol. The van der Waals surface area contributed by atoms with Gasteiger partial charge in [0, 0.05) is 6.92 Å². The third-order valence-corrected chi connectivity index (χ3v) is 1.42. The Balaban J connectivity index is 2.67. The maximum absolute atomic E-state index is 11.1. The molecule has 70 valence electrons. The number of nitrogens with zero attached hydrogens (tertiary/aromatic N) is 1. The summed E-state index contributed by atoms with van der Waals surface area (Å²) in [6, 6.07) is -1.12. The average Bonchev–Trinajstić information content (AvgIpc) is 2.28. The zero-order valence-electron chi connectivity index (χ0n) is 7.25. The molecule has 0 radical (unpaired) electrons. The maximum atomic E-state index is 11.1. The van der Waals surface area contributed by atoms with Crippen molar-refractivity contribution in [1.29, 1.82) is 0 Å². The molecular weight excluding hydrogens is 174 g/mol. The zero-order chi connectivity index (χ0) is 10.0. The van der Waals surface area contributed by atoms with Gasteiger partial charge < -0.3 is 5.32 Å².